The monoisotopic (exact) mass is 451 g/mol. The van der Waals surface area contributed by atoms with Crippen LogP contribution in [0.5, 0.6) is 0 Å². The topological polar surface area (TPSA) is 86.8 Å². The van der Waals surface area contributed by atoms with E-state index in [0.29, 0.717) is 5.56 Å². The Hall–Kier alpha value is -3.23. The minimum Gasteiger partial charge on any atom is -0.343 e. The number of amides is 2. The lowest BCUT2D eigenvalue weighted by Gasteiger charge is -2.34. The predicted octanol–water partition coefficient (Wildman–Crippen LogP) is 2.41. The fourth-order valence-corrected chi connectivity index (χ4v) is 5.30. The number of hydrogen-bond donors (Lipinski definition) is 1. The number of nitrogens with one attached hydrogen (secondary N) is 1. The molecule has 0 spiro atoms. The van der Waals surface area contributed by atoms with E-state index in [1.807, 2.05) is 43.3 Å². The number of carbonyl (C=O) groups is 2. The number of sulfonamides is 1. The summed E-state index contributed by atoms with van der Waals surface area (Å²) < 4.78 is 27.6. The molecule has 0 radical (unpaired) electrons. The zero-order valence-corrected chi connectivity index (χ0v) is 18.6. The molecule has 0 aliphatic carbocycles. The van der Waals surface area contributed by atoms with E-state index in [1.165, 1.54) is 4.31 Å². The summed E-state index contributed by atoms with van der Waals surface area (Å²) in [4.78, 5) is 26.7. The highest BCUT2D eigenvalue weighted by molar-refractivity contribution is 7.89. The highest BCUT2D eigenvalue weighted by Crippen LogP contribution is 2.22. The number of piperazine rings is 1. The number of aryl methyl sites for hydroxylation is 1. The standard InChI is InChI=1S/C24H25N3O4S/c1-18-6-2-5-9-22(18)24(29)25-17-23(28)26-12-14-27(15-13-26)32(30,31)21-11-10-19-7-3-4-8-20(19)16-21/h2-11,16H,12-15,17H2,1H3,(H,25,29). The van der Waals surface area contributed by atoms with Gasteiger partial charge in [0.2, 0.25) is 15.9 Å². The van der Waals surface area contributed by atoms with Crippen LogP contribution in [0.1, 0.15) is 15.9 Å². The number of hydrogen-bond acceptors (Lipinski definition) is 4. The second kappa shape index (κ2) is 9.10. The minimum atomic E-state index is -3.64. The van der Waals surface area contributed by atoms with Crippen LogP contribution in [0.2, 0.25) is 0 Å². The van der Waals surface area contributed by atoms with Crippen molar-refractivity contribution >= 4 is 32.6 Å². The molecule has 1 N–H and O–H groups in total. The van der Waals surface area contributed by atoms with E-state index in [-0.39, 0.29) is 49.4 Å². The Morgan fingerprint density at radius 3 is 2.25 bits per heavy atom. The molecule has 2 amide bonds. The van der Waals surface area contributed by atoms with Crippen molar-refractivity contribution in [1.82, 2.24) is 14.5 Å². The van der Waals surface area contributed by atoms with Gasteiger partial charge >= 0.3 is 0 Å². The van der Waals surface area contributed by atoms with Crippen molar-refractivity contribution in [3.63, 3.8) is 0 Å². The van der Waals surface area contributed by atoms with Crippen LogP contribution < -0.4 is 5.32 Å². The first-order chi connectivity index (χ1) is 15.4. The first kappa shape index (κ1) is 22.0. The summed E-state index contributed by atoms with van der Waals surface area (Å²) in [5.74, 6) is -0.524. The van der Waals surface area contributed by atoms with Gasteiger partial charge in [-0.2, -0.15) is 4.31 Å². The molecule has 1 heterocycles. The predicted molar refractivity (Wildman–Crippen MR) is 123 cm³/mol. The molecule has 1 saturated heterocycles. The van der Waals surface area contributed by atoms with Gasteiger partial charge < -0.3 is 10.2 Å². The van der Waals surface area contributed by atoms with E-state index >= 15 is 0 Å². The van der Waals surface area contributed by atoms with Crippen molar-refractivity contribution in [2.75, 3.05) is 32.7 Å². The molecule has 1 fully saturated rings. The molecule has 0 atom stereocenters. The van der Waals surface area contributed by atoms with E-state index in [2.05, 4.69) is 5.32 Å². The lowest BCUT2D eigenvalue weighted by atomic mass is 10.1. The van der Waals surface area contributed by atoms with E-state index in [4.69, 9.17) is 0 Å². The minimum absolute atomic E-state index is 0.120. The van der Waals surface area contributed by atoms with Crippen LogP contribution >= 0.6 is 0 Å². The van der Waals surface area contributed by atoms with Gasteiger partial charge in [-0.05, 0) is 41.5 Å². The summed E-state index contributed by atoms with van der Waals surface area (Å²) in [6.45, 7) is 2.72. The molecule has 0 bridgehead atoms. The molecule has 0 aromatic heterocycles. The van der Waals surface area contributed by atoms with Gasteiger partial charge in [-0.1, -0.05) is 48.5 Å². The molecule has 32 heavy (non-hydrogen) atoms. The Labute approximate surface area is 187 Å². The van der Waals surface area contributed by atoms with Crippen LogP contribution in [-0.2, 0) is 14.8 Å². The maximum Gasteiger partial charge on any atom is 0.251 e. The van der Waals surface area contributed by atoms with E-state index < -0.39 is 10.0 Å². The maximum absolute atomic E-state index is 13.1. The fraction of sp³-hybridized carbons (Fsp3) is 0.250. The molecule has 7 nitrogen and oxygen atoms in total. The maximum atomic E-state index is 13.1. The van der Waals surface area contributed by atoms with Gasteiger partial charge in [0.25, 0.3) is 5.91 Å². The fourth-order valence-electron chi connectivity index (χ4n) is 3.85. The third kappa shape index (κ3) is 4.51. The van der Waals surface area contributed by atoms with Crippen molar-refractivity contribution in [2.24, 2.45) is 0 Å². The van der Waals surface area contributed by atoms with Gasteiger partial charge in [-0.3, -0.25) is 9.59 Å². The molecule has 3 aromatic carbocycles. The Balaban J connectivity index is 1.35. The Morgan fingerprint density at radius 2 is 1.53 bits per heavy atom. The zero-order valence-electron chi connectivity index (χ0n) is 17.8. The Morgan fingerprint density at radius 1 is 0.875 bits per heavy atom. The highest BCUT2D eigenvalue weighted by atomic mass is 32.2. The van der Waals surface area contributed by atoms with E-state index in [9.17, 15) is 18.0 Å². The second-order valence-electron chi connectivity index (χ2n) is 7.79. The summed E-state index contributed by atoms with van der Waals surface area (Å²) >= 11 is 0. The Kier molecular flexibility index (Phi) is 6.25. The highest BCUT2D eigenvalue weighted by Gasteiger charge is 2.30. The first-order valence-corrected chi connectivity index (χ1v) is 11.9. The molecule has 1 aliphatic rings. The second-order valence-corrected chi connectivity index (χ2v) is 9.73. The normalized spacial score (nSPS) is 15.0. The van der Waals surface area contributed by atoms with E-state index in [0.717, 1.165) is 16.3 Å². The summed E-state index contributed by atoms with van der Waals surface area (Å²) in [5.41, 5.74) is 1.37. The average molecular weight is 452 g/mol. The summed E-state index contributed by atoms with van der Waals surface area (Å²) in [7, 11) is -3.64. The van der Waals surface area contributed by atoms with Crippen LogP contribution in [0.25, 0.3) is 10.8 Å². The van der Waals surface area contributed by atoms with Gasteiger partial charge in [-0.25, -0.2) is 8.42 Å². The van der Waals surface area contributed by atoms with Gasteiger partial charge in [-0.15, -0.1) is 0 Å². The van der Waals surface area contributed by atoms with Crippen molar-refractivity contribution in [3.8, 4) is 0 Å². The van der Waals surface area contributed by atoms with Gasteiger partial charge in [0.05, 0.1) is 11.4 Å². The summed E-state index contributed by atoms with van der Waals surface area (Å²) in [5, 5.41) is 4.51. The average Bonchev–Trinajstić information content (AvgIpc) is 2.82. The third-order valence-electron chi connectivity index (χ3n) is 5.74. The lowest BCUT2D eigenvalue weighted by Crippen LogP contribution is -2.52. The van der Waals surface area contributed by atoms with Crippen LogP contribution in [0.4, 0.5) is 0 Å². The number of benzene rings is 3. The van der Waals surface area contributed by atoms with Gasteiger partial charge in [0.15, 0.2) is 0 Å². The third-order valence-corrected chi connectivity index (χ3v) is 7.63. The number of nitrogens with zero attached hydrogens (tertiary/aromatic N) is 2. The number of carbonyl (C=O) groups excluding carboxylic acids is 2. The molecule has 0 unspecified atom stereocenters. The lowest BCUT2D eigenvalue weighted by molar-refractivity contribution is -0.131. The van der Waals surface area contributed by atoms with E-state index in [1.54, 1.807) is 35.2 Å². The zero-order chi connectivity index (χ0) is 22.7. The van der Waals surface area contributed by atoms with Crippen LogP contribution in [0.15, 0.2) is 71.6 Å². The molecular weight excluding hydrogens is 426 g/mol. The van der Waals surface area contributed by atoms with Crippen LogP contribution in [-0.4, -0.2) is 62.2 Å². The van der Waals surface area contributed by atoms with Crippen molar-refractivity contribution in [2.45, 2.75) is 11.8 Å². The quantitative estimate of drug-likeness (QED) is 0.646. The van der Waals surface area contributed by atoms with Crippen molar-refractivity contribution in [1.29, 1.82) is 0 Å². The van der Waals surface area contributed by atoms with Gasteiger partial charge in [0.1, 0.15) is 0 Å². The van der Waals surface area contributed by atoms with Gasteiger partial charge in [0, 0.05) is 31.7 Å². The first-order valence-electron chi connectivity index (χ1n) is 10.5. The number of rotatable bonds is 5. The molecule has 0 saturated carbocycles. The molecule has 4 rings (SSSR count). The summed E-state index contributed by atoms with van der Waals surface area (Å²) in [6, 6.07) is 19.9. The molecule has 1 aliphatic heterocycles. The SMILES string of the molecule is Cc1ccccc1C(=O)NCC(=O)N1CCN(S(=O)(=O)c2ccc3ccccc3c2)CC1. The smallest absolute Gasteiger partial charge is 0.251 e. The molecular formula is C24H25N3O4S. The van der Waals surface area contributed by atoms with Crippen LogP contribution in [0.3, 0.4) is 0 Å². The van der Waals surface area contributed by atoms with Crippen molar-refractivity contribution in [3.05, 3.63) is 77.9 Å². The molecule has 8 heteroatoms. The Bertz CT molecular complexity index is 1260. The molecule has 3 aromatic rings. The van der Waals surface area contributed by atoms with Crippen LogP contribution in [0, 0.1) is 6.92 Å². The van der Waals surface area contributed by atoms with Crippen molar-refractivity contribution < 1.29 is 18.0 Å². The molecule has 166 valence electrons. The largest absolute Gasteiger partial charge is 0.343 e. The summed E-state index contributed by atoms with van der Waals surface area (Å²) in [6.07, 6.45) is 0. The number of fused-ring (bicyclic) bond motifs is 1.